The lowest BCUT2D eigenvalue weighted by Crippen LogP contribution is -2.30. The highest BCUT2D eigenvalue weighted by molar-refractivity contribution is 5.84. The number of ether oxygens (including phenoxy) is 2. The van der Waals surface area contributed by atoms with E-state index in [1.807, 2.05) is 0 Å². The number of aromatic carboxylic acids is 1. The highest BCUT2D eigenvalue weighted by Gasteiger charge is 2.16. The van der Waals surface area contributed by atoms with Crippen molar-refractivity contribution in [3.63, 3.8) is 0 Å². The Morgan fingerprint density at radius 1 is 1.33 bits per heavy atom. The topological polar surface area (TPSA) is 107 Å². The predicted octanol–water partition coefficient (Wildman–Crippen LogP) is 1.64. The van der Waals surface area contributed by atoms with Gasteiger partial charge in [-0.25, -0.2) is 9.48 Å². The van der Waals surface area contributed by atoms with Crippen molar-refractivity contribution >= 4 is 11.9 Å². The van der Waals surface area contributed by atoms with Gasteiger partial charge >= 0.3 is 12.6 Å². The number of nitrogens with zero attached hydrogens (tertiary/aromatic N) is 4. The van der Waals surface area contributed by atoms with Gasteiger partial charge in [0.1, 0.15) is 6.54 Å². The van der Waals surface area contributed by atoms with Crippen molar-refractivity contribution in [3.05, 3.63) is 35.7 Å². The van der Waals surface area contributed by atoms with Gasteiger partial charge in [0.05, 0.1) is 12.8 Å². The van der Waals surface area contributed by atoms with E-state index < -0.39 is 12.6 Å². The second kappa shape index (κ2) is 8.92. The zero-order chi connectivity index (χ0) is 20.0. The molecule has 27 heavy (non-hydrogen) atoms. The van der Waals surface area contributed by atoms with Crippen LogP contribution in [0.15, 0.2) is 24.4 Å². The van der Waals surface area contributed by atoms with Crippen molar-refractivity contribution in [2.24, 2.45) is 0 Å². The van der Waals surface area contributed by atoms with Crippen LogP contribution in [0.25, 0.3) is 0 Å². The van der Waals surface area contributed by atoms with Gasteiger partial charge in [0.2, 0.25) is 5.91 Å². The van der Waals surface area contributed by atoms with Crippen molar-refractivity contribution in [2.45, 2.75) is 26.6 Å². The summed E-state index contributed by atoms with van der Waals surface area (Å²) in [6, 6.07) is 4.41. The lowest BCUT2D eigenvalue weighted by molar-refractivity contribution is -0.131. The van der Waals surface area contributed by atoms with Gasteiger partial charge in [0.15, 0.2) is 17.2 Å². The van der Waals surface area contributed by atoms with Crippen LogP contribution in [0, 0.1) is 0 Å². The zero-order valence-electron chi connectivity index (χ0n) is 14.6. The van der Waals surface area contributed by atoms with Gasteiger partial charge in [0, 0.05) is 13.6 Å². The number of aromatic nitrogens is 3. The normalized spacial score (nSPS) is 10.7. The summed E-state index contributed by atoms with van der Waals surface area (Å²) in [6.07, 6.45) is 1.15. The number of likely N-dealkylation sites (N-methyl/N-ethyl adjacent to an activating group) is 1. The van der Waals surface area contributed by atoms with Crippen molar-refractivity contribution in [2.75, 3.05) is 13.7 Å². The van der Waals surface area contributed by atoms with Crippen molar-refractivity contribution in [3.8, 4) is 11.5 Å². The van der Waals surface area contributed by atoms with Crippen LogP contribution in [0.4, 0.5) is 8.78 Å². The van der Waals surface area contributed by atoms with E-state index in [9.17, 15) is 18.4 Å². The fourth-order valence-corrected chi connectivity index (χ4v) is 2.21. The molecule has 1 amide bonds. The molecule has 146 valence electrons. The van der Waals surface area contributed by atoms with E-state index in [-0.39, 0.29) is 42.8 Å². The number of carboxylic acids is 1. The summed E-state index contributed by atoms with van der Waals surface area (Å²) in [6.45, 7) is -1.03. The molecular weight excluding hydrogens is 366 g/mol. The maximum Gasteiger partial charge on any atom is 0.387 e. The summed E-state index contributed by atoms with van der Waals surface area (Å²) in [5, 5.41) is 15.8. The molecule has 0 aliphatic rings. The van der Waals surface area contributed by atoms with Crippen molar-refractivity contribution in [1.82, 2.24) is 19.9 Å². The van der Waals surface area contributed by atoms with Gasteiger partial charge in [-0.05, 0) is 24.6 Å². The Hall–Kier alpha value is -3.24. The maximum absolute atomic E-state index is 12.4. The Kier molecular flexibility index (Phi) is 6.63. The quantitative estimate of drug-likeness (QED) is 0.700. The molecule has 0 radical (unpaired) electrons. The second-order valence-corrected chi connectivity index (χ2v) is 5.45. The number of benzene rings is 1. The van der Waals surface area contributed by atoms with Gasteiger partial charge in [-0.2, -0.15) is 8.78 Å². The molecule has 0 aliphatic carbocycles. The molecule has 2 rings (SSSR count). The van der Waals surface area contributed by atoms with Crippen molar-refractivity contribution in [1.29, 1.82) is 0 Å². The SMILES string of the molecule is CCOc1cc(CN(C)C(=O)Cn2cc(C(=O)O)nn2)ccc1OC(F)F. The fourth-order valence-electron chi connectivity index (χ4n) is 2.21. The highest BCUT2D eigenvalue weighted by atomic mass is 19.3. The molecule has 2 aromatic rings. The molecule has 1 heterocycles. The Labute approximate surface area is 153 Å². The molecule has 0 saturated carbocycles. The van der Waals surface area contributed by atoms with E-state index in [2.05, 4.69) is 15.0 Å². The van der Waals surface area contributed by atoms with Crippen LogP contribution in [-0.2, 0) is 17.9 Å². The molecule has 1 N–H and O–H groups in total. The smallest absolute Gasteiger partial charge is 0.387 e. The summed E-state index contributed by atoms with van der Waals surface area (Å²) in [5.74, 6) is -1.52. The predicted molar refractivity (Wildman–Crippen MR) is 87.7 cm³/mol. The molecule has 0 aliphatic heterocycles. The van der Waals surface area contributed by atoms with E-state index in [0.717, 1.165) is 10.9 Å². The number of hydrogen-bond acceptors (Lipinski definition) is 6. The number of carbonyl (C=O) groups is 2. The maximum atomic E-state index is 12.4. The van der Waals surface area contributed by atoms with E-state index in [0.29, 0.717) is 5.56 Å². The molecule has 0 unspecified atom stereocenters. The van der Waals surface area contributed by atoms with E-state index in [4.69, 9.17) is 9.84 Å². The van der Waals surface area contributed by atoms with E-state index in [1.165, 1.54) is 17.0 Å². The van der Waals surface area contributed by atoms with Gasteiger partial charge in [-0.3, -0.25) is 4.79 Å². The largest absolute Gasteiger partial charge is 0.490 e. The molecule has 0 atom stereocenters. The summed E-state index contributed by atoms with van der Waals surface area (Å²) >= 11 is 0. The van der Waals surface area contributed by atoms with E-state index in [1.54, 1.807) is 20.0 Å². The molecule has 0 saturated heterocycles. The molecule has 11 heteroatoms. The van der Waals surface area contributed by atoms with Crippen LogP contribution in [0.1, 0.15) is 23.0 Å². The second-order valence-electron chi connectivity index (χ2n) is 5.45. The number of rotatable bonds is 9. The summed E-state index contributed by atoms with van der Waals surface area (Å²) in [5.41, 5.74) is 0.377. The molecule has 1 aromatic heterocycles. The zero-order valence-corrected chi connectivity index (χ0v) is 14.6. The third-order valence-corrected chi connectivity index (χ3v) is 3.42. The lowest BCUT2D eigenvalue weighted by Gasteiger charge is -2.18. The summed E-state index contributed by atoms with van der Waals surface area (Å²) in [4.78, 5) is 24.4. The number of amides is 1. The number of hydrogen-bond donors (Lipinski definition) is 1. The Balaban J connectivity index is 2.04. The Morgan fingerprint density at radius 2 is 2.07 bits per heavy atom. The van der Waals surface area contributed by atoms with Crippen LogP contribution >= 0.6 is 0 Å². The monoisotopic (exact) mass is 384 g/mol. The first-order chi connectivity index (χ1) is 12.8. The van der Waals surface area contributed by atoms with Crippen LogP contribution in [0.3, 0.4) is 0 Å². The lowest BCUT2D eigenvalue weighted by atomic mass is 10.2. The van der Waals surface area contributed by atoms with Gasteiger partial charge in [-0.1, -0.05) is 11.3 Å². The number of alkyl halides is 2. The average Bonchev–Trinajstić information content (AvgIpc) is 3.06. The first-order valence-electron chi connectivity index (χ1n) is 7.88. The first kappa shape index (κ1) is 20.1. The molecular formula is C16H18F2N4O5. The van der Waals surface area contributed by atoms with Gasteiger partial charge < -0.3 is 19.5 Å². The van der Waals surface area contributed by atoms with E-state index >= 15 is 0 Å². The van der Waals surface area contributed by atoms with Crippen LogP contribution in [0.2, 0.25) is 0 Å². The Morgan fingerprint density at radius 3 is 2.67 bits per heavy atom. The van der Waals surface area contributed by atoms with Crippen molar-refractivity contribution < 1.29 is 33.0 Å². The standard InChI is InChI=1S/C16H18F2N4O5/c1-3-26-13-6-10(4-5-12(13)27-16(17)18)7-21(2)14(23)9-22-8-11(15(24)25)19-20-22/h4-6,8,16H,3,7,9H2,1-2H3,(H,24,25). The summed E-state index contributed by atoms with van der Waals surface area (Å²) < 4.78 is 35.7. The third kappa shape index (κ3) is 5.62. The first-order valence-corrected chi connectivity index (χ1v) is 7.88. The van der Waals surface area contributed by atoms with Crippen LogP contribution in [-0.4, -0.2) is 57.1 Å². The fraction of sp³-hybridized carbons (Fsp3) is 0.375. The van der Waals surface area contributed by atoms with Crippen LogP contribution in [0.5, 0.6) is 11.5 Å². The molecule has 1 aromatic carbocycles. The molecule has 0 fully saturated rings. The van der Waals surface area contributed by atoms with Gasteiger partial charge in [0.25, 0.3) is 0 Å². The molecule has 0 spiro atoms. The highest BCUT2D eigenvalue weighted by Crippen LogP contribution is 2.30. The van der Waals surface area contributed by atoms with Gasteiger partial charge in [-0.15, -0.1) is 5.10 Å². The average molecular weight is 384 g/mol. The third-order valence-electron chi connectivity index (χ3n) is 3.42. The minimum absolute atomic E-state index is 0.0894. The van der Waals surface area contributed by atoms with Crippen LogP contribution < -0.4 is 9.47 Å². The minimum Gasteiger partial charge on any atom is -0.490 e. The summed E-state index contributed by atoms with van der Waals surface area (Å²) in [7, 11) is 1.54. The minimum atomic E-state index is -2.97. The number of halogens is 2. The number of carboxylic acid groups (broad SMARTS) is 1. The molecule has 9 nitrogen and oxygen atoms in total. The Bertz CT molecular complexity index is 812. The number of carbonyl (C=O) groups excluding carboxylic acids is 1. The molecule has 0 bridgehead atoms.